The first kappa shape index (κ1) is 11.4. The van der Waals surface area contributed by atoms with E-state index in [-0.39, 0.29) is 0 Å². The second-order valence-electron chi connectivity index (χ2n) is 4.51. The van der Waals surface area contributed by atoms with Crippen LogP contribution in [0.4, 0.5) is 0 Å². The van der Waals surface area contributed by atoms with Crippen LogP contribution in [0.1, 0.15) is 17.9 Å². The first-order valence-corrected chi connectivity index (χ1v) is 5.95. The van der Waals surface area contributed by atoms with Crippen LogP contribution in [0.15, 0.2) is 24.3 Å². The van der Waals surface area contributed by atoms with Gasteiger partial charge in [-0.3, -0.25) is 0 Å². The second-order valence-corrected chi connectivity index (χ2v) is 4.51. The van der Waals surface area contributed by atoms with E-state index in [2.05, 4.69) is 16.7 Å². The fourth-order valence-electron chi connectivity index (χ4n) is 2.55. The molecule has 0 amide bonds. The van der Waals surface area contributed by atoms with Crippen molar-refractivity contribution in [1.82, 2.24) is 10.6 Å². The molecule has 0 bridgehead atoms. The molecule has 88 valence electrons. The molecule has 1 aliphatic rings. The lowest BCUT2D eigenvalue weighted by Crippen LogP contribution is -2.25. The van der Waals surface area contributed by atoms with E-state index in [9.17, 15) is 5.11 Å². The molecule has 1 saturated heterocycles. The lowest BCUT2D eigenvalue weighted by Gasteiger charge is -2.23. The smallest absolute Gasteiger partial charge is 0.115 e. The van der Waals surface area contributed by atoms with Gasteiger partial charge in [-0.25, -0.2) is 0 Å². The average Bonchev–Trinajstić information content (AvgIpc) is 2.79. The Hall–Kier alpha value is -1.06. The molecule has 1 aromatic rings. The van der Waals surface area contributed by atoms with E-state index in [1.807, 2.05) is 19.2 Å². The van der Waals surface area contributed by atoms with Crippen LogP contribution < -0.4 is 10.6 Å². The predicted molar refractivity (Wildman–Crippen MR) is 65.8 cm³/mol. The van der Waals surface area contributed by atoms with Gasteiger partial charge in [-0.05, 0) is 50.2 Å². The summed E-state index contributed by atoms with van der Waals surface area (Å²) < 4.78 is 0. The fraction of sp³-hybridized carbons (Fsp3) is 0.538. The Morgan fingerprint density at radius 3 is 3.06 bits per heavy atom. The van der Waals surface area contributed by atoms with Gasteiger partial charge in [0.05, 0.1) is 0 Å². The summed E-state index contributed by atoms with van der Waals surface area (Å²) in [5.41, 5.74) is 1.24. The second kappa shape index (κ2) is 5.32. The van der Waals surface area contributed by atoms with Gasteiger partial charge in [-0.2, -0.15) is 0 Å². The lowest BCUT2D eigenvalue weighted by molar-refractivity contribution is 0.437. The Bertz CT molecular complexity index is 334. The van der Waals surface area contributed by atoms with Gasteiger partial charge in [-0.15, -0.1) is 0 Å². The van der Waals surface area contributed by atoms with Crippen molar-refractivity contribution >= 4 is 0 Å². The van der Waals surface area contributed by atoms with E-state index < -0.39 is 0 Å². The molecule has 1 heterocycles. The van der Waals surface area contributed by atoms with Gasteiger partial charge >= 0.3 is 0 Å². The molecule has 0 aliphatic carbocycles. The SMILES string of the molecule is CNCC(c1cccc(O)c1)C1CCNC1. The normalized spacial score (nSPS) is 22.2. The van der Waals surface area contributed by atoms with Gasteiger partial charge in [0, 0.05) is 12.5 Å². The molecule has 2 unspecified atom stereocenters. The van der Waals surface area contributed by atoms with Gasteiger partial charge in [0.15, 0.2) is 0 Å². The zero-order valence-corrected chi connectivity index (χ0v) is 9.74. The monoisotopic (exact) mass is 220 g/mol. The standard InChI is InChI=1S/C13H20N2O/c1-14-9-13(11-5-6-15-8-11)10-3-2-4-12(16)7-10/h2-4,7,11,13-16H,5-6,8-9H2,1H3. The molecular weight excluding hydrogens is 200 g/mol. The summed E-state index contributed by atoms with van der Waals surface area (Å²) in [6.45, 7) is 3.17. The first-order valence-electron chi connectivity index (χ1n) is 5.95. The predicted octanol–water partition coefficient (Wildman–Crippen LogP) is 1.30. The highest BCUT2D eigenvalue weighted by molar-refractivity contribution is 5.30. The number of phenols is 1. The van der Waals surface area contributed by atoms with Crippen molar-refractivity contribution in [2.24, 2.45) is 5.92 Å². The summed E-state index contributed by atoms with van der Waals surface area (Å²) >= 11 is 0. The molecular formula is C13H20N2O. The number of hydrogen-bond donors (Lipinski definition) is 3. The Morgan fingerprint density at radius 1 is 1.56 bits per heavy atom. The number of aromatic hydroxyl groups is 1. The maximum atomic E-state index is 9.54. The molecule has 2 rings (SSSR count). The van der Waals surface area contributed by atoms with E-state index >= 15 is 0 Å². The number of hydrogen-bond acceptors (Lipinski definition) is 3. The van der Waals surface area contributed by atoms with Crippen molar-refractivity contribution in [3.63, 3.8) is 0 Å². The third-order valence-electron chi connectivity index (χ3n) is 3.39. The van der Waals surface area contributed by atoms with Crippen LogP contribution in [-0.2, 0) is 0 Å². The summed E-state index contributed by atoms with van der Waals surface area (Å²) in [6.07, 6.45) is 1.22. The largest absolute Gasteiger partial charge is 0.508 e. The lowest BCUT2D eigenvalue weighted by atomic mass is 9.85. The fourth-order valence-corrected chi connectivity index (χ4v) is 2.55. The zero-order valence-electron chi connectivity index (χ0n) is 9.74. The zero-order chi connectivity index (χ0) is 11.4. The number of phenolic OH excluding ortho intramolecular Hbond substituents is 1. The van der Waals surface area contributed by atoms with Crippen molar-refractivity contribution in [2.75, 3.05) is 26.7 Å². The highest BCUT2D eigenvalue weighted by Crippen LogP contribution is 2.30. The minimum absolute atomic E-state index is 0.365. The van der Waals surface area contributed by atoms with Gasteiger partial charge in [0.2, 0.25) is 0 Å². The first-order chi connectivity index (χ1) is 7.81. The maximum absolute atomic E-state index is 9.54. The van der Waals surface area contributed by atoms with Crippen molar-refractivity contribution in [1.29, 1.82) is 0 Å². The molecule has 3 heteroatoms. The summed E-state index contributed by atoms with van der Waals surface area (Å²) in [5, 5.41) is 16.2. The summed E-state index contributed by atoms with van der Waals surface area (Å²) in [4.78, 5) is 0. The van der Waals surface area contributed by atoms with Gasteiger partial charge in [-0.1, -0.05) is 12.1 Å². The van der Waals surface area contributed by atoms with Gasteiger partial charge < -0.3 is 15.7 Å². The van der Waals surface area contributed by atoms with E-state index in [4.69, 9.17) is 0 Å². The molecule has 0 radical (unpaired) electrons. The topological polar surface area (TPSA) is 44.3 Å². The molecule has 0 aromatic heterocycles. The van der Waals surface area contributed by atoms with Crippen LogP contribution in [0.2, 0.25) is 0 Å². The molecule has 1 aliphatic heterocycles. The minimum atomic E-state index is 0.365. The van der Waals surface area contributed by atoms with Crippen molar-refractivity contribution in [3.8, 4) is 5.75 Å². The van der Waals surface area contributed by atoms with Crippen molar-refractivity contribution < 1.29 is 5.11 Å². The molecule has 1 fully saturated rings. The van der Waals surface area contributed by atoms with Crippen LogP contribution in [0, 0.1) is 5.92 Å². The highest BCUT2D eigenvalue weighted by atomic mass is 16.3. The Labute approximate surface area is 96.9 Å². The molecule has 0 spiro atoms. The minimum Gasteiger partial charge on any atom is -0.508 e. The third kappa shape index (κ3) is 2.54. The highest BCUT2D eigenvalue weighted by Gasteiger charge is 2.25. The van der Waals surface area contributed by atoms with Crippen molar-refractivity contribution in [2.45, 2.75) is 12.3 Å². The van der Waals surface area contributed by atoms with Crippen LogP contribution in [0.25, 0.3) is 0 Å². The van der Waals surface area contributed by atoms with Gasteiger partial charge in [0.1, 0.15) is 5.75 Å². The summed E-state index contributed by atoms with van der Waals surface area (Å²) in [5.74, 6) is 1.53. The van der Waals surface area contributed by atoms with E-state index in [0.29, 0.717) is 17.6 Å². The quantitative estimate of drug-likeness (QED) is 0.717. The molecule has 0 saturated carbocycles. The van der Waals surface area contributed by atoms with Crippen LogP contribution >= 0.6 is 0 Å². The van der Waals surface area contributed by atoms with Gasteiger partial charge in [0.25, 0.3) is 0 Å². The molecule has 3 nitrogen and oxygen atoms in total. The Kier molecular flexibility index (Phi) is 3.80. The van der Waals surface area contributed by atoms with E-state index in [1.54, 1.807) is 6.07 Å². The van der Waals surface area contributed by atoms with Crippen molar-refractivity contribution in [3.05, 3.63) is 29.8 Å². The van der Waals surface area contributed by atoms with Crippen LogP contribution in [0.3, 0.4) is 0 Å². The number of nitrogens with one attached hydrogen (secondary N) is 2. The molecule has 16 heavy (non-hydrogen) atoms. The van der Waals surface area contributed by atoms with Crippen LogP contribution in [-0.4, -0.2) is 31.8 Å². The van der Waals surface area contributed by atoms with E-state index in [1.165, 1.54) is 12.0 Å². The Morgan fingerprint density at radius 2 is 2.44 bits per heavy atom. The molecule has 1 aromatic carbocycles. The summed E-state index contributed by atoms with van der Waals surface area (Å²) in [7, 11) is 1.98. The average molecular weight is 220 g/mol. The van der Waals surface area contributed by atoms with Crippen LogP contribution in [0.5, 0.6) is 5.75 Å². The molecule has 2 atom stereocenters. The van der Waals surface area contributed by atoms with E-state index in [0.717, 1.165) is 19.6 Å². The summed E-state index contributed by atoms with van der Waals surface area (Å²) in [6, 6.07) is 7.66. The Balaban J connectivity index is 2.17. The number of benzene rings is 1. The number of rotatable bonds is 4. The number of likely N-dealkylation sites (N-methyl/N-ethyl adjacent to an activating group) is 1. The maximum Gasteiger partial charge on any atom is 0.115 e. The molecule has 3 N–H and O–H groups in total. The third-order valence-corrected chi connectivity index (χ3v) is 3.39.